The number of carboxylic acid groups (broad SMARTS) is 1. The molecule has 0 unspecified atom stereocenters. The third kappa shape index (κ3) is 2.79. The number of aliphatic carboxylic acids is 1. The Bertz CT molecular complexity index is 395. The number of nitrogens with one attached hydrogen (secondary N) is 1. The zero-order chi connectivity index (χ0) is 11.6. The van der Waals surface area contributed by atoms with Gasteiger partial charge in [-0.1, -0.05) is 0 Å². The first-order valence-corrected chi connectivity index (χ1v) is 5.32. The van der Waals surface area contributed by atoms with Gasteiger partial charge in [-0.25, -0.2) is 4.79 Å². The maximum absolute atomic E-state index is 11.6. The second kappa shape index (κ2) is 4.02. The van der Waals surface area contributed by atoms with Crippen molar-refractivity contribution in [3.05, 3.63) is 21.9 Å². The Morgan fingerprint density at radius 2 is 2.07 bits per heavy atom. The normalized spacial score (nSPS) is 11.1. The molecule has 1 heterocycles. The second-order valence-electron chi connectivity index (χ2n) is 3.87. The van der Waals surface area contributed by atoms with E-state index < -0.39 is 11.5 Å². The number of hydrogen-bond acceptors (Lipinski definition) is 3. The number of hydrogen-bond donors (Lipinski definition) is 2. The molecule has 0 atom stereocenters. The fourth-order valence-electron chi connectivity index (χ4n) is 0.949. The fourth-order valence-corrected chi connectivity index (χ4v) is 1.74. The van der Waals surface area contributed by atoms with Crippen molar-refractivity contribution in [2.45, 2.75) is 26.3 Å². The van der Waals surface area contributed by atoms with Crippen LogP contribution in [-0.2, 0) is 4.79 Å². The fraction of sp³-hybridized carbons (Fsp3) is 0.400. The van der Waals surface area contributed by atoms with E-state index in [1.54, 1.807) is 6.07 Å². The van der Waals surface area contributed by atoms with Crippen molar-refractivity contribution in [2.75, 3.05) is 0 Å². The average molecular weight is 227 g/mol. The van der Waals surface area contributed by atoms with Crippen LogP contribution in [0.25, 0.3) is 0 Å². The third-order valence-corrected chi connectivity index (χ3v) is 2.96. The van der Waals surface area contributed by atoms with Crippen LogP contribution in [0.3, 0.4) is 0 Å². The van der Waals surface area contributed by atoms with Gasteiger partial charge in [-0.2, -0.15) is 0 Å². The lowest BCUT2D eigenvalue weighted by atomic mass is 10.1. The minimum Gasteiger partial charge on any atom is -0.480 e. The van der Waals surface area contributed by atoms with Crippen LogP contribution in [0, 0.1) is 6.92 Å². The molecule has 1 amide bonds. The number of carbonyl (C=O) groups is 2. The quantitative estimate of drug-likeness (QED) is 0.825. The average Bonchev–Trinajstić information content (AvgIpc) is 2.50. The largest absolute Gasteiger partial charge is 0.480 e. The molecule has 0 fully saturated rings. The van der Waals surface area contributed by atoms with E-state index in [-0.39, 0.29) is 5.91 Å². The monoisotopic (exact) mass is 227 g/mol. The van der Waals surface area contributed by atoms with Crippen molar-refractivity contribution < 1.29 is 14.7 Å². The van der Waals surface area contributed by atoms with Gasteiger partial charge in [0.1, 0.15) is 5.54 Å². The van der Waals surface area contributed by atoms with E-state index in [0.717, 1.165) is 5.56 Å². The molecule has 0 radical (unpaired) electrons. The van der Waals surface area contributed by atoms with E-state index in [1.807, 2.05) is 12.3 Å². The molecule has 4 nitrogen and oxygen atoms in total. The molecule has 82 valence electrons. The zero-order valence-electron chi connectivity index (χ0n) is 8.83. The lowest BCUT2D eigenvalue weighted by molar-refractivity contribution is -0.143. The van der Waals surface area contributed by atoms with Crippen molar-refractivity contribution in [3.63, 3.8) is 0 Å². The summed E-state index contributed by atoms with van der Waals surface area (Å²) in [5.74, 6) is -1.40. The van der Waals surface area contributed by atoms with Gasteiger partial charge in [0.2, 0.25) is 0 Å². The van der Waals surface area contributed by atoms with E-state index in [1.165, 1.54) is 25.2 Å². The summed E-state index contributed by atoms with van der Waals surface area (Å²) in [6.45, 7) is 4.79. The lowest BCUT2D eigenvalue weighted by Gasteiger charge is -2.20. The molecule has 0 aliphatic heterocycles. The van der Waals surface area contributed by atoms with Crippen molar-refractivity contribution in [1.29, 1.82) is 0 Å². The Kier molecular flexibility index (Phi) is 3.14. The third-order valence-electron chi connectivity index (χ3n) is 1.92. The number of carbonyl (C=O) groups excluding carboxylic acids is 1. The second-order valence-corrected chi connectivity index (χ2v) is 4.78. The summed E-state index contributed by atoms with van der Waals surface area (Å²) in [5.41, 5.74) is -0.243. The molecule has 0 aromatic carbocycles. The summed E-state index contributed by atoms with van der Waals surface area (Å²) in [6.07, 6.45) is 0. The predicted molar refractivity (Wildman–Crippen MR) is 58.2 cm³/mol. The Labute approximate surface area is 91.9 Å². The van der Waals surface area contributed by atoms with Gasteiger partial charge in [-0.15, -0.1) is 11.3 Å². The van der Waals surface area contributed by atoms with E-state index >= 15 is 0 Å². The minimum atomic E-state index is -1.24. The maximum atomic E-state index is 11.6. The topological polar surface area (TPSA) is 66.4 Å². The van der Waals surface area contributed by atoms with Gasteiger partial charge in [-0.3, -0.25) is 4.79 Å². The van der Waals surface area contributed by atoms with Crippen LogP contribution in [0.5, 0.6) is 0 Å². The molecule has 0 saturated heterocycles. The van der Waals surface area contributed by atoms with Crippen LogP contribution < -0.4 is 5.32 Å². The van der Waals surface area contributed by atoms with E-state index in [2.05, 4.69) is 5.32 Å². The Morgan fingerprint density at radius 3 is 2.47 bits per heavy atom. The van der Waals surface area contributed by atoms with Crippen molar-refractivity contribution in [2.24, 2.45) is 0 Å². The molecular formula is C10H13NO3S. The maximum Gasteiger partial charge on any atom is 0.328 e. The molecule has 1 rings (SSSR count). The van der Waals surface area contributed by atoms with Gasteiger partial charge in [0, 0.05) is 0 Å². The first-order chi connectivity index (χ1) is 6.83. The number of carboxylic acids is 1. The van der Waals surface area contributed by atoms with E-state index in [0.29, 0.717) is 4.88 Å². The molecule has 15 heavy (non-hydrogen) atoms. The standard InChI is InChI=1S/C10H13NO3S/c1-6-4-7(15-5-6)8(12)11-10(2,3)9(13)14/h4-5H,1-3H3,(H,11,12)(H,13,14). The number of rotatable bonds is 3. The van der Waals surface area contributed by atoms with E-state index in [9.17, 15) is 9.59 Å². The van der Waals surface area contributed by atoms with Crippen LogP contribution in [0.1, 0.15) is 29.1 Å². The molecule has 0 saturated carbocycles. The zero-order valence-corrected chi connectivity index (χ0v) is 9.64. The van der Waals surface area contributed by atoms with Gasteiger partial charge < -0.3 is 10.4 Å². The molecule has 2 N–H and O–H groups in total. The highest BCUT2D eigenvalue weighted by atomic mass is 32.1. The predicted octanol–water partition coefficient (Wildman–Crippen LogP) is 1.65. The van der Waals surface area contributed by atoms with Gasteiger partial charge in [0.15, 0.2) is 0 Å². The van der Waals surface area contributed by atoms with Crippen LogP contribution in [0.2, 0.25) is 0 Å². The lowest BCUT2D eigenvalue weighted by Crippen LogP contribution is -2.49. The molecule has 0 aliphatic rings. The molecule has 0 aliphatic carbocycles. The van der Waals surface area contributed by atoms with Gasteiger partial charge in [0.05, 0.1) is 4.88 Å². The Balaban J connectivity index is 2.76. The van der Waals surface area contributed by atoms with Crippen LogP contribution in [0.4, 0.5) is 0 Å². The van der Waals surface area contributed by atoms with Gasteiger partial charge >= 0.3 is 5.97 Å². The number of thiophene rings is 1. The SMILES string of the molecule is Cc1csc(C(=O)NC(C)(C)C(=O)O)c1. The molecule has 1 aromatic rings. The van der Waals surface area contributed by atoms with Gasteiger partial charge in [0.25, 0.3) is 5.91 Å². The van der Waals surface area contributed by atoms with E-state index in [4.69, 9.17) is 5.11 Å². The molecule has 1 aromatic heterocycles. The van der Waals surface area contributed by atoms with Crippen LogP contribution in [0.15, 0.2) is 11.4 Å². The molecular weight excluding hydrogens is 214 g/mol. The number of amides is 1. The summed E-state index contributed by atoms with van der Waals surface area (Å²) >= 11 is 1.31. The summed E-state index contributed by atoms with van der Waals surface area (Å²) < 4.78 is 0. The van der Waals surface area contributed by atoms with Crippen LogP contribution >= 0.6 is 11.3 Å². The highest BCUT2D eigenvalue weighted by Crippen LogP contribution is 2.14. The molecule has 0 spiro atoms. The Hall–Kier alpha value is -1.36. The summed E-state index contributed by atoms with van der Waals surface area (Å²) in [5, 5.41) is 13.1. The van der Waals surface area contributed by atoms with Crippen molar-refractivity contribution in [3.8, 4) is 0 Å². The minimum absolute atomic E-state index is 0.347. The number of aryl methyl sites for hydroxylation is 1. The summed E-state index contributed by atoms with van der Waals surface area (Å²) in [4.78, 5) is 22.9. The van der Waals surface area contributed by atoms with Crippen molar-refractivity contribution >= 4 is 23.2 Å². The summed E-state index contributed by atoms with van der Waals surface area (Å²) in [7, 11) is 0. The molecule has 5 heteroatoms. The van der Waals surface area contributed by atoms with Gasteiger partial charge in [-0.05, 0) is 37.8 Å². The Morgan fingerprint density at radius 1 is 1.47 bits per heavy atom. The molecule has 0 bridgehead atoms. The van der Waals surface area contributed by atoms with Crippen molar-refractivity contribution in [1.82, 2.24) is 5.32 Å². The highest BCUT2D eigenvalue weighted by molar-refractivity contribution is 7.12. The highest BCUT2D eigenvalue weighted by Gasteiger charge is 2.29. The smallest absolute Gasteiger partial charge is 0.328 e. The first-order valence-electron chi connectivity index (χ1n) is 4.44. The first kappa shape index (κ1) is 11.7. The summed E-state index contributed by atoms with van der Waals surface area (Å²) in [6, 6.07) is 1.73. The van der Waals surface area contributed by atoms with Crippen LogP contribution in [-0.4, -0.2) is 22.5 Å².